The number of ether oxygens (including phenoxy) is 1. The molecule has 0 fully saturated rings. The van der Waals surface area contributed by atoms with Gasteiger partial charge in [-0.2, -0.15) is 0 Å². The van der Waals surface area contributed by atoms with Crippen LogP contribution in [0.1, 0.15) is 12.8 Å². The largest absolute Gasteiger partial charge is 0.463 e. The van der Waals surface area contributed by atoms with Gasteiger partial charge >= 0.3 is 15.3 Å². The second kappa shape index (κ2) is 8.92. The molecule has 0 spiro atoms. The Hall–Kier alpha value is -0.653. The molecule has 4 nitrogen and oxygen atoms in total. The van der Waals surface area contributed by atoms with Gasteiger partial charge in [0.2, 0.25) is 0 Å². The van der Waals surface area contributed by atoms with Gasteiger partial charge in [0.25, 0.3) is 0 Å². The molecule has 5 heteroatoms. The lowest BCUT2D eigenvalue weighted by atomic mass is 10.4. The highest BCUT2D eigenvalue weighted by Crippen LogP contribution is 2.03. The molecule has 0 aliphatic carbocycles. The topological polar surface area (TPSA) is 44.8 Å². The third-order valence-corrected chi connectivity index (χ3v) is 3.70. The zero-order chi connectivity index (χ0) is 10.8. The summed E-state index contributed by atoms with van der Waals surface area (Å²) in [6.45, 7) is 3.75. The van der Waals surface area contributed by atoms with Gasteiger partial charge in [0.1, 0.15) is 0 Å². The van der Waals surface area contributed by atoms with Crippen LogP contribution in [0.25, 0.3) is 0 Å². The number of carbonyl (C=O) groups is 1. The van der Waals surface area contributed by atoms with Crippen LogP contribution in [0.15, 0.2) is 12.7 Å². The van der Waals surface area contributed by atoms with Crippen molar-refractivity contribution in [3.8, 4) is 0 Å². The van der Waals surface area contributed by atoms with Gasteiger partial charge in [-0.25, -0.2) is 4.79 Å². The average Bonchev–Trinajstić information content (AvgIpc) is 2.23. The van der Waals surface area contributed by atoms with Gasteiger partial charge in [-0.05, 0) is 18.9 Å². The van der Waals surface area contributed by atoms with E-state index >= 15 is 0 Å². The first kappa shape index (κ1) is 13.3. The second-order valence-corrected chi connectivity index (χ2v) is 5.15. The summed E-state index contributed by atoms with van der Waals surface area (Å²) in [5.41, 5.74) is 0. The zero-order valence-corrected chi connectivity index (χ0v) is 9.98. The summed E-state index contributed by atoms with van der Waals surface area (Å²) in [5, 5.41) is 0. The lowest BCUT2D eigenvalue weighted by Crippen LogP contribution is -2.18. The Morgan fingerprint density at radius 1 is 1.36 bits per heavy atom. The van der Waals surface area contributed by atoms with Crippen LogP contribution in [0.3, 0.4) is 0 Å². The molecule has 0 aliphatic rings. The Morgan fingerprint density at radius 2 is 2.00 bits per heavy atom. The van der Waals surface area contributed by atoms with E-state index in [0.29, 0.717) is 6.61 Å². The highest BCUT2D eigenvalue weighted by atomic mass is 28.3. The Bertz CT molecular complexity index is 168. The first-order chi connectivity index (χ1) is 6.74. The third-order valence-electron chi connectivity index (χ3n) is 1.77. The molecule has 0 aliphatic heterocycles. The maximum Gasteiger partial charge on any atom is 0.330 e. The molecule has 0 aromatic heterocycles. The molecule has 0 saturated heterocycles. The lowest BCUT2D eigenvalue weighted by molar-refractivity contribution is -0.137. The minimum Gasteiger partial charge on any atom is -0.463 e. The second-order valence-electron chi connectivity index (χ2n) is 2.77. The average molecular weight is 218 g/mol. The van der Waals surface area contributed by atoms with Crippen molar-refractivity contribution in [2.45, 2.75) is 18.9 Å². The van der Waals surface area contributed by atoms with Crippen LogP contribution >= 0.6 is 0 Å². The number of rotatable bonds is 8. The van der Waals surface area contributed by atoms with E-state index < -0.39 is 9.28 Å². The van der Waals surface area contributed by atoms with Gasteiger partial charge in [0.05, 0.1) is 6.61 Å². The minimum atomic E-state index is -1.43. The van der Waals surface area contributed by atoms with Crippen molar-refractivity contribution < 1.29 is 18.4 Å². The molecule has 0 heterocycles. The molecular formula is C9H18O4Si. The van der Waals surface area contributed by atoms with E-state index in [9.17, 15) is 4.79 Å². The maximum atomic E-state index is 10.6. The standard InChI is InChI=1S/C9H18O4Si/c1-4-9(10)13-7-5-6-8-14(11-2)12-3/h4,14H,1,5-8H2,2-3H3. The van der Waals surface area contributed by atoms with E-state index in [2.05, 4.69) is 6.58 Å². The van der Waals surface area contributed by atoms with Gasteiger partial charge < -0.3 is 13.6 Å². The van der Waals surface area contributed by atoms with Crippen molar-refractivity contribution in [3.05, 3.63) is 12.7 Å². The fraction of sp³-hybridized carbons (Fsp3) is 0.667. The normalized spacial score (nSPS) is 10.2. The Morgan fingerprint density at radius 3 is 2.50 bits per heavy atom. The van der Waals surface area contributed by atoms with Gasteiger partial charge in [0, 0.05) is 20.3 Å². The molecule has 0 rings (SSSR count). The van der Waals surface area contributed by atoms with Crippen molar-refractivity contribution >= 4 is 15.3 Å². The SMILES string of the molecule is C=CC(=O)OCCCC[SiH](OC)OC. The predicted octanol–water partition coefficient (Wildman–Crippen LogP) is 1.01. The monoisotopic (exact) mass is 218 g/mol. The fourth-order valence-electron chi connectivity index (χ4n) is 0.977. The molecule has 0 aromatic rings. The fourth-order valence-corrected chi connectivity index (χ4v) is 2.26. The van der Waals surface area contributed by atoms with Crippen LogP contribution in [0, 0.1) is 0 Å². The summed E-state index contributed by atoms with van der Waals surface area (Å²) in [4.78, 5) is 10.6. The predicted molar refractivity (Wildman–Crippen MR) is 56.4 cm³/mol. The summed E-state index contributed by atoms with van der Waals surface area (Å²) in [6, 6.07) is 0.943. The van der Waals surface area contributed by atoms with Crippen molar-refractivity contribution in [1.82, 2.24) is 0 Å². The zero-order valence-electron chi connectivity index (χ0n) is 8.82. The molecule has 82 valence electrons. The van der Waals surface area contributed by atoms with Crippen LogP contribution in [0.5, 0.6) is 0 Å². The molecule has 0 saturated carbocycles. The van der Waals surface area contributed by atoms with Crippen LogP contribution in [-0.4, -0.2) is 36.1 Å². The number of hydrogen-bond donors (Lipinski definition) is 0. The van der Waals surface area contributed by atoms with E-state index in [4.69, 9.17) is 13.6 Å². The summed E-state index contributed by atoms with van der Waals surface area (Å²) < 4.78 is 15.1. The molecule has 14 heavy (non-hydrogen) atoms. The van der Waals surface area contributed by atoms with Crippen molar-refractivity contribution in [2.75, 3.05) is 20.8 Å². The first-order valence-electron chi connectivity index (χ1n) is 4.59. The van der Waals surface area contributed by atoms with Gasteiger partial charge in [0.15, 0.2) is 0 Å². The van der Waals surface area contributed by atoms with Crippen LogP contribution in [-0.2, 0) is 18.4 Å². The van der Waals surface area contributed by atoms with Gasteiger partial charge in [-0.1, -0.05) is 6.58 Å². The highest BCUT2D eigenvalue weighted by molar-refractivity contribution is 6.44. The summed E-state index contributed by atoms with van der Waals surface area (Å²) >= 11 is 0. The van der Waals surface area contributed by atoms with Gasteiger partial charge in [-0.15, -0.1) is 0 Å². The third kappa shape index (κ3) is 6.82. The summed E-state index contributed by atoms with van der Waals surface area (Å²) in [7, 11) is 1.90. The van der Waals surface area contributed by atoms with E-state index in [0.717, 1.165) is 18.9 Å². The highest BCUT2D eigenvalue weighted by Gasteiger charge is 2.08. The van der Waals surface area contributed by atoms with Crippen molar-refractivity contribution in [1.29, 1.82) is 0 Å². The lowest BCUT2D eigenvalue weighted by Gasteiger charge is -2.09. The Kier molecular flexibility index (Phi) is 8.51. The van der Waals surface area contributed by atoms with Crippen molar-refractivity contribution in [3.63, 3.8) is 0 Å². The van der Waals surface area contributed by atoms with E-state index in [1.807, 2.05) is 0 Å². The molecule has 0 N–H and O–H groups in total. The first-order valence-corrected chi connectivity index (χ1v) is 6.35. The molecule has 0 aromatic carbocycles. The summed E-state index contributed by atoms with van der Waals surface area (Å²) in [6.07, 6.45) is 2.97. The maximum absolute atomic E-state index is 10.6. The van der Waals surface area contributed by atoms with Crippen LogP contribution < -0.4 is 0 Å². The number of hydrogen-bond acceptors (Lipinski definition) is 4. The van der Waals surface area contributed by atoms with E-state index in [1.165, 1.54) is 6.08 Å². The summed E-state index contributed by atoms with van der Waals surface area (Å²) in [5.74, 6) is -0.364. The Balaban J connectivity index is 3.28. The molecular weight excluding hydrogens is 200 g/mol. The minimum absolute atomic E-state index is 0.364. The van der Waals surface area contributed by atoms with E-state index in [1.54, 1.807) is 14.2 Å². The van der Waals surface area contributed by atoms with Crippen LogP contribution in [0.2, 0.25) is 6.04 Å². The van der Waals surface area contributed by atoms with E-state index in [-0.39, 0.29) is 5.97 Å². The molecule has 0 unspecified atom stereocenters. The molecule has 0 atom stereocenters. The van der Waals surface area contributed by atoms with Gasteiger partial charge in [-0.3, -0.25) is 0 Å². The quantitative estimate of drug-likeness (QED) is 0.264. The van der Waals surface area contributed by atoms with Crippen molar-refractivity contribution in [2.24, 2.45) is 0 Å². The molecule has 0 amide bonds. The van der Waals surface area contributed by atoms with Crippen LogP contribution in [0.4, 0.5) is 0 Å². The number of esters is 1. The number of unbranched alkanes of at least 4 members (excludes halogenated alkanes) is 1. The smallest absolute Gasteiger partial charge is 0.330 e. The molecule has 0 bridgehead atoms. The number of carbonyl (C=O) groups excluding carboxylic acids is 1. The Labute approximate surface area is 86.7 Å². The molecule has 0 radical (unpaired) electrons.